The van der Waals surface area contributed by atoms with Crippen molar-refractivity contribution in [2.75, 3.05) is 0 Å². The van der Waals surface area contributed by atoms with Gasteiger partial charge in [-0.1, -0.05) is 88.4 Å². The second-order valence-corrected chi connectivity index (χ2v) is 3.84. The molecule has 3 aromatic carbocycles. The predicted octanol–water partition coefficient (Wildman–Crippen LogP) is 5.41. The number of benzene rings is 2. The van der Waals surface area contributed by atoms with Crippen LogP contribution >= 0.6 is 0 Å². The van der Waals surface area contributed by atoms with E-state index in [1.54, 1.807) is 0 Å². The third-order valence-electron chi connectivity index (χ3n) is 2.85. The van der Waals surface area contributed by atoms with E-state index in [0.29, 0.717) is 0 Å². The van der Waals surface area contributed by atoms with Crippen molar-refractivity contribution in [3.63, 3.8) is 0 Å². The molecule has 0 saturated heterocycles. The number of rotatable bonds is 0. The molecular formula is C19H22O. The summed E-state index contributed by atoms with van der Waals surface area (Å²) in [6.07, 6.45) is 0. The van der Waals surface area contributed by atoms with Gasteiger partial charge in [-0.3, -0.25) is 4.79 Å². The maximum Gasteiger partial charge on any atom is 0.194 e. The minimum Gasteiger partial charge on any atom is -0.289 e. The molecule has 0 saturated carbocycles. The second-order valence-electron chi connectivity index (χ2n) is 3.84. The zero-order chi connectivity index (χ0) is 15.0. The Balaban J connectivity index is 0.000000461. The van der Waals surface area contributed by atoms with E-state index in [9.17, 15) is 4.79 Å². The Labute approximate surface area is 120 Å². The van der Waals surface area contributed by atoms with E-state index in [-0.39, 0.29) is 5.43 Å². The summed E-state index contributed by atoms with van der Waals surface area (Å²) in [4.78, 5) is 12.3. The molecule has 3 aromatic rings. The lowest BCUT2D eigenvalue weighted by molar-refractivity contribution is 1.50. The average molecular weight is 266 g/mol. The third kappa shape index (κ3) is 3.24. The number of hydrogen-bond acceptors (Lipinski definition) is 1. The quantitative estimate of drug-likeness (QED) is 0.532. The summed E-state index contributed by atoms with van der Waals surface area (Å²) >= 11 is 0. The van der Waals surface area contributed by atoms with Crippen LogP contribution in [0.1, 0.15) is 27.7 Å². The van der Waals surface area contributed by atoms with Crippen LogP contribution in [0.15, 0.2) is 65.5 Å². The van der Waals surface area contributed by atoms with Gasteiger partial charge in [0.25, 0.3) is 0 Å². The van der Waals surface area contributed by atoms with Gasteiger partial charge in [-0.15, -0.1) is 0 Å². The van der Waals surface area contributed by atoms with Gasteiger partial charge in [0.1, 0.15) is 0 Å². The van der Waals surface area contributed by atoms with E-state index in [2.05, 4.69) is 0 Å². The van der Waals surface area contributed by atoms with Crippen molar-refractivity contribution in [1.82, 2.24) is 0 Å². The van der Waals surface area contributed by atoms with Crippen LogP contribution in [0, 0.1) is 0 Å². The Kier molecular flexibility index (Phi) is 6.45. The normalized spacial score (nSPS) is 9.20. The summed E-state index contributed by atoms with van der Waals surface area (Å²) in [6, 6.07) is 19.4. The highest BCUT2D eigenvalue weighted by Gasteiger charge is 1.99. The molecule has 0 spiro atoms. The highest BCUT2D eigenvalue weighted by Crippen LogP contribution is 2.14. The van der Waals surface area contributed by atoms with Crippen molar-refractivity contribution < 1.29 is 0 Å². The van der Waals surface area contributed by atoms with E-state index in [1.807, 2.05) is 88.4 Å². The molecule has 1 heteroatoms. The minimum absolute atomic E-state index is 0.108. The van der Waals surface area contributed by atoms with Gasteiger partial charge in [0.15, 0.2) is 5.43 Å². The van der Waals surface area contributed by atoms with Crippen molar-refractivity contribution in [2.24, 2.45) is 0 Å². The lowest BCUT2D eigenvalue weighted by Crippen LogP contribution is -1.97. The zero-order valence-electron chi connectivity index (χ0n) is 12.7. The van der Waals surface area contributed by atoms with Crippen LogP contribution in [0.5, 0.6) is 0 Å². The lowest BCUT2D eigenvalue weighted by atomic mass is 10.1. The first-order valence-corrected chi connectivity index (χ1v) is 7.27. The van der Waals surface area contributed by atoms with Crippen molar-refractivity contribution in [3.05, 3.63) is 70.9 Å². The van der Waals surface area contributed by atoms with Gasteiger partial charge in [-0.2, -0.15) is 0 Å². The highest BCUT2D eigenvalue weighted by molar-refractivity contribution is 5.92. The van der Waals surface area contributed by atoms with Gasteiger partial charge in [0.2, 0.25) is 0 Å². The molecular weight excluding hydrogens is 244 g/mol. The Morgan fingerprint density at radius 1 is 0.550 bits per heavy atom. The Morgan fingerprint density at radius 2 is 0.900 bits per heavy atom. The molecule has 0 unspecified atom stereocenters. The summed E-state index contributed by atoms with van der Waals surface area (Å²) in [5.41, 5.74) is 0.108. The Morgan fingerprint density at radius 3 is 1.30 bits per heavy atom. The predicted molar refractivity (Wildman–Crippen MR) is 90.4 cm³/mol. The molecule has 104 valence electrons. The van der Waals surface area contributed by atoms with E-state index in [4.69, 9.17) is 0 Å². The van der Waals surface area contributed by atoms with Gasteiger partial charge >= 0.3 is 0 Å². The monoisotopic (exact) mass is 266 g/mol. The van der Waals surface area contributed by atoms with Gasteiger partial charge in [0.05, 0.1) is 0 Å². The van der Waals surface area contributed by atoms with Crippen LogP contribution in [0.2, 0.25) is 0 Å². The van der Waals surface area contributed by atoms with Gasteiger partial charge in [0, 0.05) is 10.8 Å². The van der Waals surface area contributed by atoms with Crippen molar-refractivity contribution in [3.8, 4) is 0 Å². The fourth-order valence-electron chi connectivity index (χ4n) is 2.02. The molecule has 0 heterocycles. The fourth-order valence-corrected chi connectivity index (χ4v) is 2.02. The molecule has 0 aliphatic carbocycles. The molecule has 1 nitrogen and oxygen atoms in total. The second kappa shape index (κ2) is 8.11. The van der Waals surface area contributed by atoms with Crippen LogP contribution in [0.25, 0.3) is 21.5 Å². The first-order chi connectivity index (χ1) is 9.86. The first kappa shape index (κ1) is 15.9. The zero-order valence-corrected chi connectivity index (χ0v) is 12.7. The van der Waals surface area contributed by atoms with Crippen molar-refractivity contribution in [2.45, 2.75) is 27.7 Å². The molecule has 20 heavy (non-hydrogen) atoms. The molecule has 0 N–H and O–H groups in total. The molecule has 0 aliphatic rings. The fraction of sp³-hybridized carbons (Fsp3) is 0.211. The largest absolute Gasteiger partial charge is 0.289 e. The van der Waals surface area contributed by atoms with Crippen molar-refractivity contribution >= 4 is 21.5 Å². The third-order valence-corrected chi connectivity index (χ3v) is 2.85. The maximum atomic E-state index is 12.3. The Hall–Kier alpha value is -2.15. The average Bonchev–Trinajstić information content (AvgIpc) is 2.70. The standard InChI is InChI=1S/C15H10O.2C2H6/c16-15-13-7-3-1-5-11(13)9-10-12-6-2-4-8-14(12)15;2*1-2/h1-10H;2*1-2H3. The molecule has 0 atom stereocenters. The lowest BCUT2D eigenvalue weighted by Gasteiger charge is -1.90. The smallest absolute Gasteiger partial charge is 0.194 e. The summed E-state index contributed by atoms with van der Waals surface area (Å²) in [6.45, 7) is 8.00. The molecule has 0 bridgehead atoms. The molecule has 0 aromatic heterocycles. The topological polar surface area (TPSA) is 17.1 Å². The molecule has 0 aliphatic heterocycles. The molecule has 0 fully saturated rings. The SMILES string of the molecule is CC.CC.O=c1c2ccccc2ccc2ccccc12. The van der Waals surface area contributed by atoms with Crippen molar-refractivity contribution in [1.29, 1.82) is 0 Å². The number of hydrogen-bond donors (Lipinski definition) is 0. The summed E-state index contributed by atoms with van der Waals surface area (Å²) in [7, 11) is 0. The van der Waals surface area contributed by atoms with Gasteiger partial charge in [-0.25, -0.2) is 0 Å². The summed E-state index contributed by atoms with van der Waals surface area (Å²) in [5, 5.41) is 3.54. The maximum absolute atomic E-state index is 12.3. The van der Waals surface area contributed by atoms with E-state index in [1.165, 1.54) is 0 Å². The van der Waals surface area contributed by atoms with Crippen LogP contribution in [0.4, 0.5) is 0 Å². The number of fused-ring (bicyclic) bond motifs is 2. The minimum atomic E-state index is 0.108. The van der Waals surface area contributed by atoms with E-state index in [0.717, 1.165) is 21.5 Å². The van der Waals surface area contributed by atoms with Gasteiger partial charge < -0.3 is 0 Å². The Bertz CT molecular complexity index is 668. The summed E-state index contributed by atoms with van der Waals surface area (Å²) in [5.74, 6) is 0. The molecule has 0 amide bonds. The van der Waals surface area contributed by atoms with Crippen LogP contribution in [-0.2, 0) is 0 Å². The molecule has 3 rings (SSSR count). The van der Waals surface area contributed by atoms with E-state index < -0.39 is 0 Å². The van der Waals surface area contributed by atoms with Crippen LogP contribution in [0.3, 0.4) is 0 Å². The summed E-state index contributed by atoms with van der Waals surface area (Å²) < 4.78 is 0. The van der Waals surface area contributed by atoms with Gasteiger partial charge in [-0.05, 0) is 10.8 Å². The molecule has 0 radical (unpaired) electrons. The highest BCUT2D eigenvalue weighted by atomic mass is 16.1. The van der Waals surface area contributed by atoms with Crippen LogP contribution in [-0.4, -0.2) is 0 Å². The van der Waals surface area contributed by atoms with E-state index >= 15 is 0 Å². The van der Waals surface area contributed by atoms with Crippen LogP contribution < -0.4 is 5.43 Å². The first-order valence-electron chi connectivity index (χ1n) is 7.27.